The molecule has 106 valence electrons. The van der Waals surface area contributed by atoms with Gasteiger partial charge in [-0.2, -0.15) is 4.98 Å². The van der Waals surface area contributed by atoms with E-state index in [1.807, 2.05) is 6.92 Å². The summed E-state index contributed by atoms with van der Waals surface area (Å²) in [5.74, 6) is 1.89. The molecule has 1 fully saturated rings. The van der Waals surface area contributed by atoms with E-state index < -0.39 is 0 Å². The van der Waals surface area contributed by atoms with E-state index in [0.29, 0.717) is 5.92 Å². The van der Waals surface area contributed by atoms with Crippen molar-refractivity contribution in [3.8, 4) is 0 Å². The van der Waals surface area contributed by atoms with E-state index in [-0.39, 0.29) is 0 Å². The van der Waals surface area contributed by atoms with Crippen molar-refractivity contribution in [3.63, 3.8) is 0 Å². The Bertz CT molecular complexity index is 769. The van der Waals surface area contributed by atoms with Crippen LogP contribution in [0.15, 0.2) is 47.0 Å². The van der Waals surface area contributed by atoms with E-state index in [9.17, 15) is 0 Å². The lowest BCUT2D eigenvalue weighted by atomic mass is 9.97. The minimum Gasteiger partial charge on any atom is -0.339 e. The van der Waals surface area contributed by atoms with Crippen molar-refractivity contribution >= 4 is 10.8 Å². The summed E-state index contributed by atoms with van der Waals surface area (Å²) in [6.07, 6.45) is 0. The fraction of sp³-hybridized carbons (Fsp3) is 0.294. The molecule has 4 nitrogen and oxygen atoms in total. The van der Waals surface area contributed by atoms with E-state index in [1.54, 1.807) is 0 Å². The van der Waals surface area contributed by atoms with Crippen molar-refractivity contribution in [2.45, 2.75) is 19.4 Å². The maximum atomic E-state index is 5.25. The van der Waals surface area contributed by atoms with Crippen molar-refractivity contribution in [2.24, 2.45) is 0 Å². The highest BCUT2D eigenvalue weighted by Crippen LogP contribution is 2.29. The van der Waals surface area contributed by atoms with Crippen molar-refractivity contribution < 1.29 is 4.52 Å². The summed E-state index contributed by atoms with van der Waals surface area (Å²) in [6, 6.07) is 15.1. The van der Waals surface area contributed by atoms with Gasteiger partial charge in [0.25, 0.3) is 0 Å². The minimum atomic E-state index is 0.390. The van der Waals surface area contributed by atoms with Crippen molar-refractivity contribution in [1.29, 1.82) is 0 Å². The third kappa shape index (κ3) is 2.32. The first-order chi connectivity index (χ1) is 10.3. The van der Waals surface area contributed by atoms with Gasteiger partial charge in [-0.1, -0.05) is 47.6 Å². The maximum absolute atomic E-state index is 5.25. The highest BCUT2D eigenvalue weighted by atomic mass is 16.5. The van der Waals surface area contributed by atoms with Gasteiger partial charge < -0.3 is 4.52 Å². The smallest absolute Gasteiger partial charge is 0.232 e. The molecule has 0 radical (unpaired) electrons. The van der Waals surface area contributed by atoms with Gasteiger partial charge in [-0.05, 0) is 23.3 Å². The molecule has 1 aromatic heterocycles. The molecule has 4 heteroatoms. The predicted molar refractivity (Wildman–Crippen MR) is 81.0 cm³/mol. The number of nitrogens with zero attached hydrogens (tertiary/aromatic N) is 3. The molecule has 0 aliphatic carbocycles. The number of hydrogen-bond acceptors (Lipinski definition) is 4. The second kappa shape index (κ2) is 4.97. The normalized spacial score (nSPS) is 16.2. The molecule has 0 spiro atoms. The predicted octanol–water partition coefficient (Wildman–Crippen LogP) is 3.13. The standard InChI is InChI=1S/C17H17N3O/c1-12-18-17(21-19-12)15-10-20(11-15)9-14-7-4-6-13-5-2-3-8-16(13)14/h2-8,15H,9-11H2,1H3. The topological polar surface area (TPSA) is 42.2 Å². The van der Waals surface area contributed by atoms with Gasteiger partial charge in [0.05, 0.1) is 5.92 Å². The monoisotopic (exact) mass is 279 g/mol. The summed E-state index contributed by atoms with van der Waals surface area (Å²) < 4.78 is 5.25. The van der Waals surface area contributed by atoms with Crippen LogP contribution in [0.1, 0.15) is 23.2 Å². The van der Waals surface area contributed by atoms with Gasteiger partial charge in [-0.15, -0.1) is 0 Å². The zero-order chi connectivity index (χ0) is 14.2. The average Bonchev–Trinajstić information content (AvgIpc) is 2.88. The largest absolute Gasteiger partial charge is 0.339 e. The van der Waals surface area contributed by atoms with Crippen LogP contribution in [0.4, 0.5) is 0 Å². The molecule has 0 amide bonds. The summed E-state index contributed by atoms with van der Waals surface area (Å²) in [5.41, 5.74) is 1.38. The molecule has 0 saturated carbocycles. The van der Waals surface area contributed by atoms with Gasteiger partial charge in [0.1, 0.15) is 0 Å². The number of fused-ring (bicyclic) bond motifs is 1. The first-order valence-electron chi connectivity index (χ1n) is 7.29. The Kier molecular flexibility index (Phi) is 2.97. The number of rotatable bonds is 3. The van der Waals surface area contributed by atoms with Crippen LogP contribution in [0.2, 0.25) is 0 Å². The SMILES string of the molecule is Cc1noc(C2CN(Cc3cccc4ccccc34)C2)n1. The van der Waals surface area contributed by atoms with Crippen LogP contribution in [0.3, 0.4) is 0 Å². The van der Waals surface area contributed by atoms with Crippen molar-refractivity contribution in [2.75, 3.05) is 13.1 Å². The molecular formula is C17H17N3O. The molecule has 1 aliphatic rings. The van der Waals surface area contributed by atoms with Crippen LogP contribution in [0.5, 0.6) is 0 Å². The fourth-order valence-corrected chi connectivity index (χ4v) is 3.01. The quantitative estimate of drug-likeness (QED) is 0.738. The lowest BCUT2D eigenvalue weighted by Crippen LogP contribution is -2.44. The molecule has 21 heavy (non-hydrogen) atoms. The fourth-order valence-electron chi connectivity index (χ4n) is 3.01. The first kappa shape index (κ1) is 12.5. The Balaban J connectivity index is 1.48. The lowest BCUT2D eigenvalue weighted by molar-refractivity contribution is 0.118. The Morgan fingerprint density at radius 1 is 1.14 bits per heavy atom. The van der Waals surface area contributed by atoms with Gasteiger partial charge in [0.2, 0.25) is 5.89 Å². The molecule has 2 aromatic carbocycles. The number of aromatic nitrogens is 2. The lowest BCUT2D eigenvalue weighted by Gasteiger charge is -2.37. The molecule has 0 bridgehead atoms. The third-order valence-corrected chi connectivity index (χ3v) is 4.12. The van der Waals surface area contributed by atoms with Gasteiger partial charge >= 0.3 is 0 Å². The summed E-state index contributed by atoms with van der Waals surface area (Å²) in [5, 5.41) is 6.51. The van der Waals surface area contributed by atoms with Crippen LogP contribution < -0.4 is 0 Å². The van der Waals surface area contributed by atoms with Crippen molar-refractivity contribution in [1.82, 2.24) is 15.0 Å². The van der Waals surface area contributed by atoms with Gasteiger partial charge in [0.15, 0.2) is 5.82 Å². The number of benzene rings is 2. The summed E-state index contributed by atoms with van der Waals surface area (Å²) in [4.78, 5) is 6.74. The van der Waals surface area contributed by atoms with E-state index >= 15 is 0 Å². The van der Waals surface area contributed by atoms with Gasteiger partial charge in [-0.25, -0.2) is 0 Å². The van der Waals surface area contributed by atoms with Crippen LogP contribution in [-0.2, 0) is 6.54 Å². The second-order valence-electron chi connectivity index (χ2n) is 5.71. The third-order valence-electron chi connectivity index (χ3n) is 4.12. The Hall–Kier alpha value is -2.20. The molecule has 0 atom stereocenters. The highest BCUT2D eigenvalue weighted by molar-refractivity contribution is 5.85. The van der Waals surface area contributed by atoms with Crippen LogP contribution >= 0.6 is 0 Å². The summed E-state index contributed by atoms with van der Waals surface area (Å²) in [6.45, 7) is 4.82. The van der Waals surface area contributed by atoms with Crippen molar-refractivity contribution in [3.05, 3.63) is 59.7 Å². The molecule has 1 saturated heterocycles. The number of aryl methyl sites for hydroxylation is 1. The molecule has 0 unspecified atom stereocenters. The zero-order valence-corrected chi connectivity index (χ0v) is 12.0. The van der Waals surface area contributed by atoms with E-state index in [1.165, 1.54) is 16.3 Å². The average molecular weight is 279 g/mol. The second-order valence-corrected chi connectivity index (χ2v) is 5.71. The van der Waals surface area contributed by atoms with E-state index in [2.05, 4.69) is 57.5 Å². The maximum Gasteiger partial charge on any atom is 0.232 e. The molecule has 1 aliphatic heterocycles. The van der Waals surface area contributed by atoms with E-state index in [4.69, 9.17) is 4.52 Å². The zero-order valence-electron chi connectivity index (χ0n) is 12.0. The Labute approximate surface area is 123 Å². The Morgan fingerprint density at radius 3 is 2.76 bits per heavy atom. The molecule has 2 heterocycles. The van der Waals surface area contributed by atoms with Gasteiger partial charge in [-0.3, -0.25) is 4.90 Å². The molecule has 4 rings (SSSR count). The van der Waals surface area contributed by atoms with Gasteiger partial charge in [0, 0.05) is 19.6 Å². The highest BCUT2D eigenvalue weighted by Gasteiger charge is 2.32. The summed E-state index contributed by atoms with van der Waals surface area (Å²) >= 11 is 0. The number of likely N-dealkylation sites (tertiary alicyclic amines) is 1. The summed E-state index contributed by atoms with van der Waals surface area (Å²) in [7, 11) is 0. The molecule has 0 N–H and O–H groups in total. The van der Waals surface area contributed by atoms with E-state index in [0.717, 1.165) is 31.3 Å². The Morgan fingerprint density at radius 2 is 1.95 bits per heavy atom. The van der Waals surface area contributed by atoms with Crippen LogP contribution in [0, 0.1) is 6.92 Å². The first-order valence-corrected chi connectivity index (χ1v) is 7.29. The molecular weight excluding hydrogens is 262 g/mol. The minimum absolute atomic E-state index is 0.390. The number of hydrogen-bond donors (Lipinski definition) is 0. The van der Waals surface area contributed by atoms with Crippen LogP contribution in [0.25, 0.3) is 10.8 Å². The van der Waals surface area contributed by atoms with Crippen LogP contribution in [-0.4, -0.2) is 28.1 Å². The molecule has 3 aromatic rings.